The second-order valence-electron chi connectivity index (χ2n) is 8.27. The average molecular weight is 460 g/mol. The summed E-state index contributed by atoms with van der Waals surface area (Å²) >= 11 is 0. The fourth-order valence-corrected chi connectivity index (χ4v) is 4.21. The summed E-state index contributed by atoms with van der Waals surface area (Å²) in [5.74, 6) is -0.706. The third-order valence-electron chi connectivity index (χ3n) is 5.05. The second kappa shape index (κ2) is 11.1. The third-order valence-corrected chi connectivity index (χ3v) is 6.19. The molecule has 2 aromatic carbocycles. The first-order valence-electron chi connectivity index (χ1n) is 10.7. The Balaban J connectivity index is 2.30. The van der Waals surface area contributed by atoms with Gasteiger partial charge >= 0.3 is 0 Å². The lowest BCUT2D eigenvalue weighted by Crippen LogP contribution is -2.53. The lowest BCUT2D eigenvalue weighted by molar-refractivity contribution is -0.139. The average Bonchev–Trinajstić information content (AvgIpc) is 2.71. The van der Waals surface area contributed by atoms with Crippen molar-refractivity contribution in [3.63, 3.8) is 0 Å². The maximum Gasteiger partial charge on any atom is 0.244 e. The van der Waals surface area contributed by atoms with E-state index in [9.17, 15) is 18.0 Å². The summed E-state index contributed by atoms with van der Waals surface area (Å²) in [6.45, 7) is 7.14. The maximum atomic E-state index is 13.4. The van der Waals surface area contributed by atoms with E-state index in [1.807, 2.05) is 57.2 Å². The number of nitrogens with one attached hydrogen (secondary N) is 1. The molecule has 0 unspecified atom stereocenters. The second-order valence-corrected chi connectivity index (χ2v) is 10.2. The van der Waals surface area contributed by atoms with Crippen LogP contribution in [0.3, 0.4) is 0 Å². The predicted molar refractivity (Wildman–Crippen MR) is 128 cm³/mol. The molecular formula is C24H33N3O4S. The zero-order valence-corrected chi connectivity index (χ0v) is 20.2. The molecule has 0 aliphatic heterocycles. The van der Waals surface area contributed by atoms with E-state index in [4.69, 9.17) is 0 Å². The van der Waals surface area contributed by atoms with Crippen LogP contribution in [-0.4, -0.2) is 56.6 Å². The largest absolute Gasteiger partial charge is 0.352 e. The SMILES string of the molecule is Cc1cccc(N(CC(=O)N(CCc2ccccc2)[C@H](C)C(=O)NC(C)C)S(C)(=O)=O)c1. The molecule has 2 aromatic rings. The molecule has 0 fully saturated rings. The van der Waals surface area contributed by atoms with Gasteiger partial charge in [0.2, 0.25) is 21.8 Å². The van der Waals surface area contributed by atoms with E-state index in [0.717, 1.165) is 21.7 Å². The molecule has 2 rings (SSSR count). The lowest BCUT2D eigenvalue weighted by Gasteiger charge is -2.32. The standard InChI is InChI=1S/C24H33N3O4S/c1-18(2)25-24(29)20(4)26(15-14-21-11-7-6-8-12-21)23(28)17-27(32(5,30)31)22-13-9-10-19(3)16-22/h6-13,16,18,20H,14-15,17H2,1-5H3,(H,25,29)/t20-/m1/s1. The first kappa shape index (κ1) is 25.4. The summed E-state index contributed by atoms with van der Waals surface area (Å²) in [5.41, 5.74) is 2.33. The molecule has 0 radical (unpaired) electrons. The predicted octanol–water partition coefficient (Wildman–Crippen LogP) is 2.75. The Bertz CT molecular complexity index is 1020. The molecule has 1 atom stereocenters. The normalized spacial score (nSPS) is 12.3. The summed E-state index contributed by atoms with van der Waals surface area (Å²) in [6, 6.07) is 15.8. The van der Waals surface area contributed by atoms with Gasteiger partial charge in [0.1, 0.15) is 12.6 Å². The zero-order valence-electron chi connectivity index (χ0n) is 19.4. The van der Waals surface area contributed by atoms with E-state index in [1.54, 1.807) is 25.1 Å². The van der Waals surface area contributed by atoms with Crippen LogP contribution in [0.5, 0.6) is 0 Å². The molecule has 32 heavy (non-hydrogen) atoms. The first-order chi connectivity index (χ1) is 15.0. The zero-order chi connectivity index (χ0) is 23.9. The van der Waals surface area contributed by atoms with Gasteiger partial charge in [0, 0.05) is 12.6 Å². The van der Waals surface area contributed by atoms with Crippen LogP contribution in [0.2, 0.25) is 0 Å². The third kappa shape index (κ3) is 7.37. The molecule has 8 heteroatoms. The van der Waals surface area contributed by atoms with Gasteiger partial charge in [-0.05, 0) is 57.4 Å². The smallest absolute Gasteiger partial charge is 0.244 e. The summed E-state index contributed by atoms with van der Waals surface area (Å²) in [7, 11) is -3.71. The number of carbonyl (C=O) groups excluding carboxylic acids is 2. The quantitative estimate of drug-likeness (QED) is 0.592. The Morgan fingerprint density at radius 3 is 2.22 bits per heavy atom. The van der Waals surface area contributed by atoms with Crippen molar-refractivity contribution in [1.29, 1.82) is 0 Å². The van der Waals surface area contributed by atoms with Crippen molar-refractivity contribution < 1.29 is 18.0 Å². The highest BCUT2D eigenvalue weighted by Gasteiger charge is 2.29. The Morgan fingerprint density at radius 2 is 1.66 bits per heavy atom. The first-order valence-corrected chi connectivity index (χ1v) is 12.5. The van der Waals surface area contributed by atoms with Gasteiger partial charge in [-0.1, -0.05) is 42.5 Å². The monoisotopic (exact) mass is 459 g/mol. The number of carbonyl (C=O) groups is 2. The van der Waals surface area contributed by atoms with Crippen LogP contribution < -0.4 is 9.62 Å². The molecule has 0 aromatic heterocycles. The van der Waals surface area contributed by atoms with Crippen molar-refractivity contribution in [1.82, 2.24) is 10.2 Å². The number of aryl methyl sites for hydroxylation is 1. The van der Waals surface area contributed by atoms with Crippen LogP contribution >= 0.6 is 0 Å². The van der Waals surface area contributed by atoms with E-state index in [-0.39, 0.29) is 18.5 Å². The van der Waals surface area contributed by atoms with E-state index in [0.29, 0.717) is 18.7 Å². The van der Waals surface area contributed by atoms with Crippen molar-refractivity contribution in [2.45, 2.75) is 46.2 Å². The van der Waals surface area contributed by atoms with Gasteiger partial charge in [-0.15, -0.1) is 0 Å². The van der Waals surface area contributed by atoms with Gasteiger partial charge in [0.15, 0.2) is 0 Å². The number of nitrogens with zero attached hydrogens (tertiary/aromatic N) is 2. The minimum Gasteiger partial charge on any atom is -0.352 e. The van der Waals surface area contributed by atoms with Gasteiger partial charge < -0.3 is 10.2 Å². The molecule has 0 aliphatic carbocycles. The highest BCUT2D eigenvalue weighted by molar-refractivity contribution is 7.92. The molecule has 0 saturated carbocycles. The van der Waals surface area contributed by atoms with Crippen molar-refractivity contribution in [2.24, 2.45) is 0 Å². The minimum absolute atomic E-state index is 0.0733. The van der Waals surface area contributed by atoms with Crippen LogP contribution in [0, 0.1) is 6.92 Å². The molecule has 0 saturated heterocycles. The van der Waals surface area contributed by atoms with Gasteiger partial charge in [-0.25, -0.2) is 8.42 Å². The molecule has 0 spiro atoms. The van der Waals surface area contributed by atoms with Gasteiger partial charge in [0.25, 0.3) is 0 Å². The fourth-order valence-electron chi connectivity index (χ4n) is 3.37. The fraction of sp³-hybridized carbons (Fsp3) is 0.417. The molecule has 0 bridgehead atoms. The van der Waals surface area contributed by atoms with Gasteiger partial charge in [-0.2, -0.15) is 0 Å². The number of amides is 2. The van der Waals surface area contributed by atoms with E-state index in [1.165, 1.54) is 4.90 Å². The number of sulfonamides is 1. The number of benzene rings is 2. The summed E-state index contributed by atoms with van der Waals surface area (Å²) in [4.78, 5) is 27.5. The number of hydrogen-bond donors (Lipinski definition) is 1. The van der Waals surface area contributed by atoms with Crippen LogP contribution in [0.1, 0.15) is 31.9 Å². The number of rotatable bonds is 10. The van der Waals surface area contributed by atoms with E-state index < -0.39 is 22.0 Å². The lowest BCUT2D eigenvalue weighted by atomic mass is 10.1. The molecule has 2 amide bonds. The van der Waals surface area contributed by atoms with Crippen molar-refractivity contribution in [3.05, 3.63) is 65.7 Å². The van der Waals surface area contributed by atoms with Gasteiger partial charge in [-0.3, -0.25) is 13.9 Å². The van der Waals surface area contributed by atoms with E-state index >= 15 is 0 Å². The van der Waals surface area contributed by atoms with Crippen molar-refractivity contribution in [3.8, 4) is 0 Å². The Morgan fingerprint density at radius 1 is 1.00 bits per heavy atom. The van der Waals surface area contributed by atoms with Crippen LogP contribution in [0.15, 0.2) is 54.6 Å². The summed E-state index contributed by atoms with van der Waals surface area (Å²) in [5, 5.41) is 2.83. The Labute approximate surface area is 191 Å². The highest BCUT2D eigenvalue weighted by atomic mass is 32.2. The minimum atomic E-state index is -3.71. The summed E-state index contributed by atoms with van der Waals surface area (Å²) in [6.07, 6.45) is 1.63. The highest BCUT2D eigenvalue weighted by Crippen LogP contribution is 2.19. The number of hydrogen-bond acceptors (Lipinski definition) is 4. The molecule has 1 N–H and O–H groups in total. The molecule has 7 nitrogen and oxygen atoms in total. The topological polar surface area (TPSA) is 86.8 Å². The molecule has 0 heterocycles. The molecule has 0 aliphatic rings. The van der Waals surface area contributed by atoms with Crippen LogP contribution in [-0.2, 0) is 26.0 Å². The maximum absolute atomic E-state index is 13.4. The van der Waals surface area contributed by atoms with Crippen molar-refractivity contribution in [2.75, 3.05) is 23.7 Å². The van der Waals surface area contributed by atoms with Crippen molar-refractivity contribution >= 4 is 27.5 Å². The van der Waals surface area contributed by atoms with Crippen LogP contribution in [0.25, 0.3) is 0 Å². The van der Waals surface area contributed by atoms with Crippen LogP contribution in [0.4, 0.5) is 5.69 Å². The van der Waals surface area contributed by atoms with E-state index in [2.05, 4.69) is 5.32 Å². The molecular weight excluding hydrogens is 426 g/mol. The van der Waals surface area contributed by atoms with Gasteiger partial charge in [0.05, 0.1) is 11.9 Å². The Hall–Kier alpha value is -2.87. The number of anilines is 1. The molecule has 174 valence electrons. The Kier molecular flexibility index (Phi) is 8.83. The summed E-state index contributed by atoms with van der Waals surface area (Å²) < 4.78 is 26.1.